The summed E-state index contributed by atoms with van der Waals surface area (Å²) < 4.78 is 38.6. The van der Waals surface area contributed by atoms with Gasteiger partial charge in [0.25, 0.3) is 0 Å². The Balaban J connectivity index is 2.99. The molecule has 1 amide bonds. The zero-order valence-corrected chi connectivity index (χ0v) is 9.20. The van der Waals surface area contributed by atoms with Crippen molar-refractivity contribution in [2.75, 3.05) is 5.32 Å². The van der Waals surface area contributed by atoms with Gasteiger partial charge in [-0.3, -0.25) is 4.79 Å². The van der Waals surface area contributed by atoms with Crippen LogP contribution in [0, 0.1) is 22.9 Å². The van der Waals surface area contributed by atoms with Crippen molar-refractivity contribution in [1.29, 1.82) is 0 Å². The van der Waals surface area contributed by atoms with E-state index in [0.29, 0.717) is 12.1 Å². The van der Waals surface area contributed by atoms with Crippen molar-refractivity contribution in [2.24, 2.45) is 5.41 Å². The normalized spacial score (nSPS) is 11.4. The lowest BCUT2D eigenvalue weighted by molar-refractivity contribution is -0.123. The molecule has 0 aliphatic carbocycles. The number of carbonyl (C=O) groups is 1. The fourth-order valence-corrected chi connectivity index (χ4v) is 0.928. The molecular weight excluding hydrogens is 219 g/mol. The first-order valence-corrected chi connectivity index (χ1v) is 4.68. The van der Waals surface area contributed by atoms with E-state index >= 15 is 0 Å². The summed E-state index contributed by atoms with van der Waals surface area (Å²) in [4.78, 5) is 11.5. The highest BCUT2D eigenvalue weighted by molar-refractivity contribution is 5.94. The van der Waals surface area contributed by atoms with Crippen molar-refractivity contribution < 1.29 is 18.0 Å². The second-order valence-corrected chi connectivity index (χ2v) is 4.45. The van der Waals surface area contributed by atoms with E-state index in [1.807, 2.05) is 0 Å². The predicted molar refractivity (Wildman–Crippen MR) is 54.4 cm³/mol. The maximum Gasteiger partial charge on any atom is 0.229 e. The van der Waals surface area contributed by atoms with E-state index in [1.165, 1.54) is 0 Å². The molecule has 88 valence electrons. The lowest BCUT2D eigenvalue weighted by Gasteiger charge is -2.17. The second-order valence-electron chi connectivity index (χ2n) is 4.45. The average molecular weight is 231 g/mol. The Morgan fingerprint density at radius 1 is 1.06 bits per heavy atom. The van der Waals surface area contributed by atoms with Gasteiger partial charge in [-0.2, -0.15) is 0 Å². The molecule has 16 heavy (non-hydrogen) atoms. The number of halogens is 3. The Labute approximate surface area is 91.5 Å². The van der Waals surface area contributed by atoms with Crippen molar-refractivity contribution in [3.8, 4) is 0 Å². The molecule has 5 heteroatoms. The standard InChI is InChI=1S/C11H12F3NO/c1-11(2,3)10(16)15-9-5-7(13)6(12)4-8(9)14/h4-5H,1-3H3,(H,15,16). The number of benzene rings is 1. The first-order valence-electron chi connectivity index (χ1n) is 4.68. The summed E-state index contributed by atoms with van der Waals surface area (Å²) in [7, 11) is 0. The maximum absolute atomic E-state index is 13.2. The average Bonchev–Trinajstić information content (AvgIpc) is 2.12. The van der Waals surface area contributed by atoms with E-state index in [9.17, 15) is 18.0 Å². The minimum absolute atomic E-state index is 0.362. The summed E-state index contributed by atoms with van der Waals surface area (Å²) in [5, 5.41) is 2.20. The zero-order chi connectivity index (χ0) is 12.5. The Morgan fingerprint density at radius 2 is 1.56 bits per heavy atom. The van der Waals surface area contributed by atoms with Crippen LogP contribution in [-0.2, 0) is 4.79 Å². The monoisotopic (exact) mass is 231 g/mol. The van der Waals surface area contributed by atoms with Gasteiger partial charge in [0.1, 0.15) is 5.82 Å². The number of hydrogen-bond acceptors (Lipinski definition) is 1. The molecule has 0 aliphatic heterocycles. The molecule has 0 spiro atoms. The zero-order valence-electron chi connectivity index (χ0n) is 9.20. The summed E-state index contributed by atoms with van der Waals surface area (Å²) in [6.45, 7) is 4.88. The quantitative estimate of drug-likeness (QED) is 0.739. The molecule has 1 aromatic rings. The molecule has 0 saturated heterocycles. The minimum Gasteiger partial charge on any atom is -0.323 e. The number of anilines is 1. The number of carbonyl (C=O) groups excluding carboxylic acids is 1. The van der Waals surface area contributed by atoms with Gasteiger partial charge < -0.3 is 5.32 Å². The summed E-state index contributed by atoms with van der Waals surface area (Å²) >= 11 is 0. The lowest BCUT2D eigenvalue weighted by Crippen LogP contribution is -2.28. The molecule has 0 bridgehead atoms. The molecule has 2 nitrogen and oxygen atoms in total. The third-order valence-electron chi connectivity index (χ3n) is 1.94. The van der Waals surface area contributed by atoms with Gasteiger partial charge in [0, 0.05) is 17.5 Å². The number of hydrogen-bond donors (Lipinski definition) is 1. The van der Waals surface area contributed by atoms with Crippen LogP contribution in [0.3, 0.4) is 0 Å². The maximum atomic E-state index is 13.2. The van der Waals surface area contributed by atoms with Gasteiger partial charge in [-0.05, 0) is 0 Å². The highest BCUT2D eigenvalue weighted by atomic mass is 19.2. The van der Waals surface area contributed by atoms with Gasteiger partial charge in [-0.15, -0.1) is 0 Å². The van der Waals surface area contributed by atoms with E-state index in [-0.39, 0.29) is 5.69 Å². The van der Waals surface area contributed by atoms with Crippen LogP contribution >= 0.6 is 0 Å². The van der Waals surface area contributed by atoms with Gasteiger partial charge in [-0.25, -0.2) is 13.2 Å². The summed E-state index contributed by atoms with van der Waals surface area (Å²) in [6.07, 6.45) is 0. The fourth-order valence-electron chi connectivity index (χ4n) is 0.928. The van der Waals surface area contributed by atoms with Crippen molar-refractivity contribution in [3.05, 3.63) is 29.6 Å². The third-order valence-corrected chi connectivity index (χ3v) is 1.94. The minimum atomic E-state index is -1.29. The summed E-state index contributed by atoms with van der Waals surface area (Å²) in [6, 6.07) is 1.02. The third kappa shape index (κ3) is 2.74. The van der Waals surface area contributed by atoms with Crippen molar-refractivity contribution in [2.45, 2.75) is 20.8 Å². The van der Waals surface area contributed by atoms with Crippen molar-refractivity contribution >= 4 is 11.6 Å². The Bertz CT molecular complexity index is 424. The lowest BCUT2D eigenvalue weighted by atomic mass is 9.95. The molecule has 0 fully saturated rings. The van der Waals surface area contributed by atoms with Gasteiger partial charge in [-0.1, -0.05) is 20.8 Å². The predicted octanol–water partition coefficient (Wildman–Crippen LogP) is 3.09. The van der Waals surface area contributed by atoms with Crippen LogP contribution in [0.4, 0.5) is 18.9 Å². The molecule has 0 saturated carbocycles. The van der Waals surface area contributed by atoms with E-state index in [0.717, 1.165) is 0 Å². The Hall–Kier alpha value is -1.52. The van der Waals surface area contributed by atoms with Gasteiger partial charge >= 0.3 is 0 Å². The molecule has 0 atom stereocenters. The molecule has 1 aromatic carbocycles. The van der Waals surface area contributed by atoms with Gasteiger partial charge in [0.05, 0.1) is 5.69 Å². The summed E-state index contributed by atoms with van der Waals surface area (Å²) in [5.41, 5.74) is -1.10. The van der Waals surface area contributed by atoms with Crippen LogP contribution < -0.4 is 5.32 Å². The van der Waals surface area contributed by atoms with Gasteiger partial charge in [0.2, 0.25) is 5.91 Å². The number of amides is 1. The smallest absolute Gasteiger partial charge is 0.229 e. The fraction of sp³-hybridized carbons (Fsp3) is 0.364. The highest BCUT2D eigenvalue weighted by Gasteiger charge is 2.22. The Kier molecular flexibility index (Phi) is 3.26. The first-order chi connectivity index (χ1) is 7.21. The van der Waals surface area contributed by atoms with Gasteiger partial charge in [0.15, 0.2) is 11.6 Å². The van der Waals surface area contributed by atoms with E-state index in [1.54, 1.807) is 20.8 Å². The SMILES string of the molecule is CC(C)(C)C(=O)Nc1cc(F)c(F)cc1F. The van der Waals surface area contributed by atoms with Crippen LogP contribution in [0.15, 0.2) is 12.1 Å². The molecule has 0 unspecified atom stereocenters. The van der Waals surface area contributed by atoms with Crippen LogP contribution in [0.25, 0.3) is 0 Å². The van der Waals surface area contributed by atoms with E-state index in [4.69, 9.17) is 0 Å². The second kappa shape index (κ2) is 4.15. The first kappa shape index (κ1) is 12.5. The van der Waals surface area contributed by atoms with Crippen molar-refractivity contribution in [3.63, 3.8) is 0 Å². The Morgan fingerprint density at radius 3 is 2.06 bits per heavy atom. The molecule has 0 radical (unpaired) electrons. The molecule has 0 heterocycles. The number of nitrogens with one attached hydrogen (secondary N) is 1. The van der Waals surface area contributed by atoms with Crippen LogP contribution in [0.5, 0.6) is 0 Å². The molecule has 0 aliphatic rings. The largest absolute Gasteiger partial charge is 0.323 e. The summed E-state index contributed by atoms with van der Waals surface area (Å²) in [5.74, 6) is -3.97. The van der Waals surface area contributed by atoms with E-state index < -0.39 is 28.8 Å². The topological polar surface area (TPSA) is 29.1 Å². The number of rotatable bonds is 1. The van der Waals surface area contributed by atoms with Crippen LogP contribution in [0.1, 0.15) is 20.8 Å². The highest BCUT2D eigenvalue weighted by Crippen LogP contribution is 2.21. The molecule has 1 N–H and O–H groups in total. The van der Waals surface area contributed by atoms with Crippen LogP contribution in [-0.4, -0.2) is 5.91 Å². The molecule has 1 rings (SSSR count). The molecule has 0 aromatic heterocycles. The molecular formula is C11H12F3NO. The van der Waals surface area contributed by atoms with Crippen LogP contribution in [0.2, 0.25) is 0 Å². The van der Waals surface area contributed by atoms with E-state index in [2.05, 4.69) is 5.32 Å². The van der Waals surface area contributed by atoms with Crippen molar-refractivity contribution in [1.82, 2.24) is 0 Å².